The molecule has 0 radical (unpaired) electrons. The van der Waals surface area contributed by atoms with Crippen molar-refractivity contribution in [3.63, 3.8) is 0 Å². The molecule has 0 aliphatic heterocycles. The van der Waals surface area contributed by atoms with Crippen LogP contribution in [0.2, 0.25) is 10.0 Å². The predicted octanol–water partition coefficient (Wildman–Crippen LogP) is 5.23. The number of anilines is 1. The number of hydrogen-bond donors (Lipinski definition) is 2. The zero-order valence-electron chi connectivity index (χ0n) is 10.4. The summed E-state index contributed by atoms with van der Waals surface area (Å²) in [6.07, 6.45) is 1.92. The lowest BCUT2D eigenvalue weighted by molar-refractivity contribution is 0.628. The van der Waals surface area contributed by atoms with Crippen LogP contribution in [0.15, 0.2) is 42.6 Å². The van der Waals surface area contributed by atoms with Crippen LogP contribution in [0.1, 0.15) is 5.56 Å². The second-order valence-electron chi connectivity index (χ2n) is 4.49. The van der Waals surface area contributed by atoms with Crippen molar-refractivity contribution in [2.75, 3.05) is 5.32 Å². The Morgan fingerprint density at radius 1 is 1.10 bits per heavy atom. The Hall–Kier alpha value is -1.71. The van der Waals surface area contributed by atoms with Gasteiger partial charge in [0.1, 0.15) is 5.82 Å². The van der Waals surface area contributed by atoms with Crippen LogP contribution < -0.4 is 5.32 Å². The van der Waals surface area contributed by atoms with Crippen LogP contribution in [0.25, 0.3) is 10.9 Å². The summed E-state index contributed by atoms with van der Waals surface area (Å²) < 4.78 is 13.3. The number of halogens is 3. The summed E-state index contributed by atoms with van der Waals surface area (Å²) in [7, 11) is 0. The average Bonchev–Trinajstić information content (AvgIpc) is 2.82. The van der Waals surface area contributed by atoms with Crippen LogP contribution in [0.3, 0.4) is 0 Å². The second kappa shape index (κ2) is 5.35. The third kappa shape index (κ3) is 2.60. The molecule has 20 heavy (non-hydrogen) atoms. The van der Waals surface area contributed by atoms with Gasteiger partial charge in [0.15, 0.2) is 0 Å². The van der Waals surface area contributed by atoms with Crippen LogP contribution >= 0.6 is 23.2 Å². The highest BCUT2D eigenvalue weighted by Gasteiger charge is 2.05. The smallest absolute Gasteiger partial charge is 0.143 e. The van der Waals surface area contributed by atoms with Crippen molar-refractivity contribution < 1.29 is 4.39 Å². The SMILES string of the molecule is Fc1cc(NCc2c[nH]c3cc(Cl)ccc23)ccc1Cl. The number of aromatic nitrogens is 1. The Balaban J connectivity index is 1.81. The largest absolute Gasteiger partial charge is 0.381 e. The topological polar surface area (TPSA) is 27.8 Å². The van der Waals surface area contributed by atoms with E-state index in [0.29, 0.717) is 17.3 Å². The normalized spacial score (nSPS) is 10.9. The van der Waals surface area contributed by atoms with E-state index in [4.69, 9.17) is 23.2 Å². The van der Waals surface area contributed by atoms with Gasteiger partial charge in [0, 0.05) is 34.4 Å². The zero-order valence-corrected chi connectivity index (χ0v) is 11.9. The highest BCUT2D eigenvalue weighted by Crippen LogP contribution is 2.24. The van der Waals surface area contributed by atoms with E-state index < -0.39 is 5.82 Å². The minimum atomic E-state index is -0.428. The Kier molecular flexibility index (Phi) is 3.55. The molecule has 0 saturated carbocycles. The van der Waals surface area contributed by atoms with Gasteiger partial charge < -0.3 is 10.3 Å². The molecule has 3 rings (SSSR count). The monoisotopic (exact) mass is 308 g/mol. The Bertz CT molecular complexity index is 768. The summed E-state index contributed by atoms with van der Waals surface area (Å²) in [5.41, 5.74) is 2.76. The maximum Gasteiger partial charge on any atom is 0.143 e. The fourth-order valence-electron chi connectivity index (χ4n) is 2.11. The number of H-pyrrole nitrogens is 1. The Morgan fingerprint density at radius 3 is 2.75 bits per heavy atom. The predicted molar refractivity (Wildman–Crippen MR) is 82.0 cm³/mol. The number of benzene rings is 2. The Morgan fingerprint density at radius 2 is 1.95 bits per heavy atom. The number of hydrogen-bond acceptors (Lipinski definition) is 1. The lowest BCUT2D eigenvalue weighted by Gasteiger charge is -2.06. The highest BCUT2D eigenvalue weighted by molar-refractivity contribution is 6.31. The first-order valence-corrected chi connectivity index (χ1v) is 6.83. The molecule has 0 bridgehead atoms. The molecule has 0 atom stereocenters. The molecule has 0 fully saturated rings. The molecule has 1 aromatic heterocycles. The van der Waals surface area contributed by atoms with Crippen molar-refractivity contribution >= 4 is 39.8 Å². The fraction of sp³-hybridized carbons (Fsp3) is 0.0667. The van der Waals surface area contributed by atoms with Crippen molar-refractivity contribution in [3.8, 4) is 0 Å². The minimum Gasteiger partial charge on any atom is -0.381 e. The molecule has 5 heteroatoms. The molecule has 0 spiro atoms. The van der Waals surface area contributed by atoms with Gasteiger partial charge in [-0.2, -0.15) is 0 Å². The molecular weight excluding hydrogens is 298 g/mol. The zero-order chi connectivity index (χ0) is 14.1. The van der Waals surface area contributed by atoms with Crippen molar-refractivity contribution in [1.29, 1.82) is 0 Å². The molecule has 102 valence electrons. The molecule has 3 aromatic rings. The van der Waals surface area contributed by atoms with Gasteiger partial charge in [-0.25, -0.2) is 4.39 Å². The number of fused-ring (bicyclic) bond motifs is 1. The van der Waals surface area contributed by atoms with Gasteiger partial charge in [0.05, 0.1) is 5.02 Å². The number of aromatic amines is 1. The van der Waals surface area contributed by atoms with E-state index in [1.165, 1.54) is 12.1 Å². The summed E-state index contributed by atoms with van der Waals surface area (Å²) >= 11 is 11.6. The first-order chi connectivity index (χ1) is 9.63. The molecule has 0 aliphatic rings. The van der Waals surface area contributed by atoms with E-state index in [0.717, 1.165) is 16.5 Å². The van der Waals surface area contributed by atoms with E-state index in [1.54, 1.807) is 6.07 Å². The molecule has 0 unspecified atom stereocenters. The van der Waals surface area contributed by atoms with Gasteiger partial charge >= 0.3 is 0 Å². The lowest BCUT2D eigenvalue weighted by atomic mass is 10.1. The summed E-state index contributed by atoms with van der Waals surface area (Å²) in [5.74, 6) is -0.428. The summed E-state index contributed by atoms with van der Waals surface area (Å²) in [6.45, 7) is 0.586. The highest BCUT2D eigenvalue weighted by atomic mass is 35.5. The summed E-state index contributed by atoms with van der Waals surface area (Å²) in [4.78, 5) is 3.17. The van der Waals surface area contributed by atoms with Gasteiger partial charge in [0.25, 0.3) is 0 Å². The molecule has 0 aliphatic carbocycles. The summed E-state index contributed by atoms with van der Waals surface area (Å²) in [6, 6.07) is 10.4. The van der Waals surface area contributed by atoms with Crippen LogP contribution in [-0.2, 0) is 6.54 Å². The molecule has 2 nitrogen and oxygen atoms in total. The van der Waals surface area contributed by atoms with E-state index in [-0.39, 0.29) is 5.02 Å². The third-order valence-electron chi connectivity index (χ3n) is 3.13. The van der Waals surface area contributed by atoms with Gasteiger partial charge in [-0.1, -0.05) is 29.3 Å². The maximum absolute atomic E-state index is 13.3. The van der Waals surface area contributed by atoms with E-state index in [9.17, 15) is 4.39 Å². The maximum atomic E-state index is 13.3. The standard InChI is InChI=1S/C15H11Cl2FN2/c16-10-1-3-12-9(8-20-15(12)5-10)7-19-11-2-4-13(17)14(18)6-11/h1-6,8,19-20H,7H2. The molecule has 1 heterocycles. The van der Waals surface area contributed by atoms with Crippen LogP contribution in [0, 0.1) is 5.82 Å². The van der Waals surface area contributed by atoms with E-state index in [1.807, 2.05) is 24.4 Å². The fourth-order valence-corrected chi connectivity index (χ4v) is 2.40. The molecule has 0 saturated heterocycles. The van der Waals surface area contributed by atoms with Crippen LogP contribution in [0.5, 0.6) is 0 Å². The molecule has 0 amide bonds. The molecular formula is C15H11Cl2FN2. The quantitative estimate of drug-likeness (QED) is 0.681. The van der Waals surface area contributed by atoms with Crippen molar-refractivity contribution in [2.24, 2.45) is 0 Å². The number of nitrogens with one attached hydrogen (secondary N) is 2. The van der Waals surface area contributed by atoms with Crippen molar-refractivity contribution in [2.45, 2.75) is 6.54 Å². The third-order valence-corrected chi connectivity index (χ3v) is 3.67. The van der Waals surface area contributed by atoms with Crippen LogP contribution in [0.4, 0.5) is 10.1 Å². The molecule has 2 aromatic carbocycles. The van der Waals surface area contributed by atoms with E-state index >= 15 is 0 Å². The Labute approximate surface area is 125 Å². The van der Waals surface area contributed by atoms with Gasteiger partial charge in [-0.05, 0) is 35.9 Å². The average molecular weight is 309 g/mol. The molecule has 2 N–H and O–H groups in total. The first kappa shape index (κ1) is 13.3. The van der Waals surface area contributed by atoms with Crippen molar-refractivity contribution in [3.05, 3.63) is 64.0 Å². The summed E-state index contributed by atoms with van der Waals surface area (Å²) in [5, 5.41) is 5.08. The van der Waals surface area contributed by atoms with Crippen LogP contribution in [-0.4, -0.2) is 4.98 Å². The minimum absolute atomic E-state index is 0.122. The lowest BCUT2D eigenvalue weighted by Crippen LogP contribution is -1.99. The van der Waals surface area contributed by atoms with Gasteiger partial charge in [-0.15, -0.1) is 0 Å². The van der Waals surface area contributed by atoms with Crippen molar-refractivity contribution in [1.82, 2.24) is 4.98 Å². The second-order valence-corrected chi connectivity index (χ2v) is 5.33. The van der Waals surface area contributed by atoms with Gasteiger partial charge in [0.2, 0.25) is 0 Å². The van der Waals surface area contributed by atoms with Gasteiger partial charge in [-0.3, -0.25) is 0 Å². The van der Waals surface area contributed by atoms with E-state index in [2.05, 4.69) is 10.3 Å². The number of rotatable bonds is 3. The first-order valence-electron chi connectivity index (χ1n) is 6.08.